The zero-order valence-corrected chi connectivity index (χ0v) is 5.65. The van der Waals surface area contributed by atoms with Crippen LogP contribution in [0.2, 0.25) is 0 Å². The molecule has 0 nitrogen and oxygen atoms in total. The summed E-state index contributed by atoms with van der Waals surface area (Å²) in [4.78, 5) is 0. The molecule has 0 aliphatic heterocycles. The lowest BCUT2D eigenvalue weighted by molar-refractivity contribution is 0.904. The summed E-state index contributed by atoms with van der Waals surface area (Å²) in [7, 11) is 0. The van der Waals surface area contributed by atoms with Crippen molar-refractivity contribution in [3.8, 4) is 0 Å². The Hall–Kier alpha value is -0.230. The Morgan fingerprint density at radius 3 is 2.88 bits per heavy atom. The fraction of sp³-hybridized carbons (Fsp3) is 0.429. The molecule has 0 radical (unpaired) electrons. The molecular formula is C7H9Cl. The molecular weight excluding hydrogens is 120 g/mol. The van der Waals surface area contributed by atoms with E-state index in [1.165, 1.54) is 0 Å². The van der Waals surface area contributed by atoms with Crippen molar-refractivity contribution in [2.24, 2.45) is 5.92 Å². The Morgan fingerprint density at radius 1 is 1.75 bits per heavy atom. The maximum atomic E-state index is 5.72. The molecule has 0 heterocycles. The third-order valence-electron chi connectivity index (χ3n) is 1.20. The molecule has 0 bridgehead atoms. The number of rotatable bonds is 0. The van der Waals surface area contributed by atoms with Crippen LogP contribution >= 0.6 is 11.6 Å². The molecule has 1 unspecified atom stereocenters. The minimum Gasteiger partial charge on any atom is -0.0891 e. The highest BCUT2D eigenvalue weighted by Crippen LogP contribution is 2.17. The van der Waals surface area contributed by atoms with Gasteiger partial charge in [-0.1, -0.05) is 36.8 Å². The molecule has 1 atom stereocenters. The van der Waals surface area contributed by atoms with Crippen LogP contribution in [0.4, 0.5) is 0 Å². The average molecular weight is 129 g/mol. The summed E-state index contributed by atoms with van der Waals surface area (Å²) in [5, 5.41) is 0.972. The first-order valence-electron chi connectivity index (χ1n) is 2.82. The maximum absolute atomic E-state index is 5.72. The van der Waals surface area contributed by atoms with Crippen LogP contribution in [0.1, 0.15) is 13.3 Å². The molecule has 0 aromatic heterocycles. The van der Waals surface area contributed by atoms with Crippen molar-refractivity contribution in [3.05, 3.63) is 23.3 Å². The van der Waals surface area contributed by atoms with E-state index in [-0.39, 0.29) is 0 Å². The highest BCUT2D eigenvalue weighted by molar-refractivity contribution is 6.29. The van der Waals surface area contributed by atoms with Crippen molar-refractivity contribution in [2.45, 2.75) is 13.3 Å². The SMILES string of the molecule is CC1C=CCC(Cl)=C1. The molecule has 1 heteroatoms. The van der Waals surface area contributed by atoms with Crippen LogP contribution < -0.4 is 0 Å². The summed E-state index contributed by atoms with van der Waals surface area (Å²) in [5.41, 5.74) is 0. The van der Waals surface area contributed by atoms with Crippen molar-refractivity contribution in [1.29, 1.82) is 0 Å². The van der Waals surface area contributed by atoms with E-state index in [0.29, 0.717) is 5.92 Å². The van der Waals surface area contributed by atoms with E-state index in [2.05, 4.69) is 25.2 Å². The van der Waals surface area contributed by atoms with Crippen molar-refractivity contribution in [2.75, 3.05) is 0 Å². The first-order valence-corrected chi connectivity index (χ1v) is 3.19. The third kappa shape index (κ3) is 1.38. The standard InChI is InChI=1S/C7H9Cl/c1-6-3-2-4-7(8)5-6/h2-3,5-6H,4H2,1H3. The van der Waals surface area contributed by atoms with Gasteiger partial charge in [-0.3, -0.25) is 0 Å². The van der Waals surface area contributed by atoms with Crippen LogP contribution in [0.5, 0.6) is 0 Å². The predicted octanol–water partition coefficient (Wildman–Crippen LogP) is 2.71. The highest BCUT2D eigenvalue weighted by Gasteiger charge is 1.98. The lowest BCUT2D eigenvalue weighted by atomic mass is 10.1. The Labute approximate surface area is 54.8 Å². The van der Waals surface area contributed by atoms with Crippen LogP contribution in [0.25, 0.3) is 0 Å². The van der Waals surface area contributed by atoms with Gasteiger partial charge in [0, 0.05) is 11.5 Å². The Balaban J connectivity index is 2.60. The van der Waals surface area contributed by atoms with Crippen molar-refractivity contribution >= 4 is 11.6 Å². The lowest BCUT2D eigenvalue weighted by Gasteiger charge is -2.04. The topological polar surface area (TPSA) is 0 Å². The van der Waals surface area contributed by atoms with E-state index in [1.54, 1.807) is 0 Å². The van der Waals surface area contributed by atoms with Gasteiger partial charge in [-0.15, -0.1) is 0 Å². The first-order chi connectivity index (χ1) is 3.79. The predicted molar refractivity (Wildman–Crippen MR) is 36.9 cm³/mol. The zero-order chi connectivity index (χ0) is 5.98. The fourth-order valence-corrected chi connectivity index (χ4v) is 1.09. The molecule has 0 aromatic carbocycles. The van der Waals surface area contributed by atoms with Gasteiger partial charge in [0.1, 0.15) is 0 Å². The summed E-state index contributed by atoms with van der Waals surface area (Å²) in [6, 6.07) is 0. The summed E-state index contributed by atoms with van der Waals surface area (Å²) < 4.78 is 0. The van der Waals surface area contributed by atoms with Gasteiger partial charge in [0.2, 0.25) is 0 Å². The number of hydrogen-bond acceptors (Lipinski definition) is 0. The van der Waals surface area contributed by atoms with Crippen LogP contribution in [0.3, 0.4) is 0 Å². The molecule has 0 spiro atoms. The second-order valence-corrected chi connectivity index (χ2v) is 2.59. The smallest absolute Gasteiger partial charge is 0.0184 e. The van der Waals surface area contributed by atoms with Gasteiger partial charge in [0.25, 0.3) is 0 Å². The van der Waals surface area contributed by atoms with E-state index in [9.17, 15) is 0 Å². The van der Waals surface area contributed by atoms with Gasteiger partial charge in [-0.25, -0.2) is 0 Å². The number of allylic oxidation sites excluding steroid dienone is 4. The largest absolute Gasteiger partial charge is 0.0891 e. The van der Waals surface area contributed by atoms with E-state index < -0.39 is 0 Å². The Morgan fingerprint density at radius 2 is 2.50 bits per heavy atom. The fourth-order valence-electron chi connectivity index (χ4n) is 0.804. The monoisotopic (exact) mass is 128 g/mol. The summed E-state index contributed by atoms with van der Waals surface area (Å²) in [6.07, 6.45) is 7.26. The molecule has 0 saturated carbocycles. The normalized spacial score (nSPS) is 27.8. The van der Waals surface area contributed by atoms with Gasteiger partial charge < -0.3 is 0 Å². The summed E-state index contributed by atoms with van der Waals surface area (Å²) in [6.45, 7) is 2.12. The van der Waals surface area contributed by atoms with Crippen molar-refractivity contribution in [3.63, 3.8) is 0 Å². The average Bonchev–Trinajstić information content (AvgIpc) is 1.64. The van der Waals surface area contributed by atoms with Gasteiger partial charge in [0.15, 0.2) is 0 Å². The zero-order valence-electron chi connectivity index (χ0n) is 4.89. The second-order valence-electron chi connectivity index (χ2n) is 2.10. The molecule has 0 amide bonds. The Bertz CT molecular complexity index is 133. The van der Waals surface area contributed by atoms with E-state index >= 15 is 0 Å². The minimum atomic E-state index is 0.538. The van der Waals surface area contributed by atoms with Crippen LogP contribution in [0.15, 0.2) is 23.3 Å². The molecule has 1 rings (SSSR count). The molecule has 0 saturated heterocycles. The van der Waals surface area contributed by atoms with Crippen LogP contribution in [-0.2, 0) is 0 Å². The number of hydrogen-bond donors (Lipinski definition) is 0. The van der Waals surface area contributed by atoms with Crippen LogP contribution in [-0.4, -0.2) is 0 Å². The van der Waals surface area contributed by atoms with Gasteiger partial charge >= 0.3 is 0 Å². The molecule has 44 valence electrons. The van der Waals surface area contributed by atoms with Crippen LogP contribution in [0, 0.1) is 5.92 Å². The summed E-state index contributed by atoms with van der Waals surface area (Å²) in [5.74, 6) is 0.538. The minimum absolute atomic E-state index is 0.538. The maximum Gasteiger partial charge on any atom is 0.0184 e. The third-order valence-corrected chi connectivity index (χ3v) is 1.48. The quantitative estimate of drug-likeness (QED) is 0.440. The second kappa shape index (κ2) is 2.36. The van der Waals surface area contributed by atoms with Crippen molar-refractivity contribution < 1.29 is 0 Å². The first kappa shape index (κ1) is 5.90. The van der Waals surface area contributed by atoms with Gasteiger partial charge in [0.05, 0.1) is 0 Å². The molecule has 1 aliphatic carbocycles. The highest BCUT2D eigenvalue weighted by atomic mass is 35.5. The van der Waals surface area contributed by atoms with Gasteiger partial charge in [-0.05, 0) is 5.92 Å². The van der Waals surface area contributed by atoms with E-state index in [1.807, 2.05) is 0 Å². The molecule has 0 N–H and O–H groups in total. The van der Waals surface area contributed by atoms with Gasteiger partial charge in [-0.2, -0.15) is 0 Å². The summed E-state index contributed by atoms with van der Waals surface area (Å²) >= 11 is 5.72. The number of halogens is 1. The molecule has 0 aromatic rings. The van der Waals surface area contributed by atoms with E-state index in [0.717, 1.165) is 11.5 Å². The van der Waals surface area contributed by atoms with Crippen molar-refractivity contribution in [1.82, 2.24) is 0 Å². The lowest BCUT2D eigenvalue weighted by Crippen LogP contribution is -1.88. The molecule has 1 aliphatic rings. The molecule has 0 fully saturated rings. The molecule has 8 heavy (non-hydrogen) atoms. The Kier molecular flexibility index (Phi) is 1.74. The van der Waals surface area contributed by atoms with E-state index in [4.69, 9.17) is 11.6 Å².